The van der Waals surface area contributed by atoms with Crippen LogP contribution in [0.2, 0.25) is 0 Å². The van der Waals surface area contributed by atoms with Gasteiger partial charge in [-0.05, 0) is 12.8 Å². The molecule has 78 valence electrons. The first-order valence-corrected chi connectivity index (χ1v) is 4.60. The molecule has 0 aliphatic heterocycles. The molecule has 0 radical (unpaired) electrons. The summed E-state index contributed by atoms with van der Waals surface area (Å²) in [6.07, 6.45) is 2.03. The quantitative estimate of drug-likeness (QED) is 0.473. The molecule has 2 N–H and O–H groups in total. The second kappa shape index (κ2) is 8.01. The van der Waals surface area contributed by atoms with Gasteiger partial charge in [0.05, 0.1) is 13.7 Å². The van der Waals surface area contributed by atoms with Crippen molar-refractivity contribution in [2.75, 3.05) is 20.3 Å². The van der Waals surface area contributed by atoms with Crippen LogP contribution in [0, 0.1) is 0 Å². The third kappa shape index (κ3) is 7.74. The summed E-state index contributed by atoms with van der Waals surface area (Å²) in [7, 11) is 1.39. The van der Waals surface area contributed by atoms with Crippen molar-refractivity contribution in [3.8, 4) is 0 Å². The summed E-state index contributed by atoms with van der Waals surface area (Å²) in [5, 5.41) is 0. The number of hydrogen-bond acceptors (Lipinski definition) is 4. The van der Waals surface area contributed by atoms with Gasteiger partial charge in [-0.2, -0.15) is 0 Å². The zero-order chi connectivity index (χ0) is 10.1. The van der Waals surface area contributed by atoms with Gasteiger partial charge in [-0.25, -0.2) is 0 Å². The Morgan fingerprint density at radius 1 is 1.54 bits per heavy atom. The van der Waals surface area contributed by atoms with Crippen molar-refractivity contribution in [2.24, 2.45) is 5.73 Å². The molecule has 0 aromatic heterocycles. The van der Waals surface area contributed by atoms with Gasteiger partial charge in [0.25, 0.3) is 0 Å². The van der Waals surface area contributed by atoms with Crippen LogP contribution in [-0.2, 0) is 14.3 Å². The van der Waals surface area contributed by atoms with E-state index < -0.39 is 0 Å². The Morgan fingerprint density at radius 2 is 2.23 bits per heavy atom. The van der Waals surface area contributed by atoms with Crippen molar-refractivity contribution >= 4 is 5.97 Å². The van der Waals surface area contributed by atoms with Crippen LogP contribution in [0.1, 0.15) is 26.2 Å². The molecule has 0 amide bonds. The molecule has 0 rings (SSSR count). The summed E-state index contributed by atoms with van der Waals surface area (Å²) >= 11 is 0. The Morgan fingerprint density at radius 3 is 2.77 bits per heavy atom. The molecule has 13 heavy (non-hydrogen) atoms. The number of ether oxygens (including phenoxy) is 2. The molecule has 0 spiro atoms. The maximum atomic E-state index is 10.7. The number of methoxy groups -OCH3 is 1. The second-order valence-corrected chi connectivity index (χ2v) is 2.92. The zero-order valence-electron chi connectivity index (χ0n) is 8.41. The van der Waals surface area contributed by atoms with Crippen LogP contribution in [0.4, 0.5) is 0 Å². The van der Waals surface area contributed by atoms with Crippen LogP contribution in [0.15, 0.2) is 0 Å². The van der Waals surface area contributed by atoms with Gasteiger partial charge in [0.2, 0.25) is 0 Å². The molecule has 0 aromatic rings. The van der Waals surface area contributed by atoms with Crippen LogP contribution < -0.4 is 5.73 Å². The van der Waals surface area contributed by atoms with Crippen LogP contribution in [0.5, 0.6) is 0 Å². The summed E-state index contributed by atoms with van der Waals surface area (Å²) in [6, 6.07) is 0.109. The van der Waals surface area contributed by atoms with Crippen LogP contribution >= 0.6 is 0 Å². The highest BCUT2D eigenvalue weighted by molar-refractivity contribution is 5.68. The number of rotatable bonds is 7. The molecule has 4 nitrogen and oxygen atoms in total. The third-order valence-electron chi connectivity index (χ3n) is 1.75. The minimum absolute atomic E-state index is 0.109. The average molecular weight is 189 g/mol. The fourth-order valence-corrected chi connectivity index (χ4v) is 0.773. The maximum Gasteiger partial charge on any atom is 0.305 e. The van der Waals surface area contributed by atoms with Crippen molar-refractivity contribution in [2.45, 2.75) is 32.2 Å². The van der Waals surface area contributed by atoms with Crippen molar-refractivity contribution in [1.29, 1.82) is 0 Å². The molecule has 0 heterocycles. The lowest BCUT2D eigenvalue weighted by Crippen LogP contribution is -2.25. The van der Waals surface area contributed by atoms with E-state index in [1.165, 1.54) is 7.11 Å². The van der Waals surface area contributed by atoms with Gasteiger partial charge < -0.3 is 15.2 Å². The zero-order valence-corrected chi connectivity index (χ0v) is 8.41. The molecule has 0 saturated carbocycles. The van der Waals surface area contributed by atoms with Gasteiger partial charge in [-0.3, -0.25) is 4.79 Å². The minimum Gasteiger partial charge on any atom is -0.469 e. The summed E-state index contributed by atoms with van der Waals surface area (Å²) in [5.41, 5.74) is 5.62. The van der Waals surface area contributed by atoms with Crippen LogP contribution in [0.3, 0.4) is 0 Å². The van der Waals surface area contributed by atoms with Crippen molar-refractivity contribution < 1.29 is 14.3 Å². The van der Waals surface area contributed by atoms with Gasteiger partial charge in [-0.15, -0.1) is 0 Å². The number of esters is 1. The Balaban J connectivity index is 3.12. The van der Waals surface area contributed by atoms with Gasteiger partial charge >= 0.3 is 5.97 Å². The van der Waals surface area contributed by atoms with Crippen molar-refractivity contribution in [3.05, 3.63) is 0 Å². The predicted octanol–water partition coefficient (Wildman–Crippen LogP) is 0.693. The van der Waals surface area contributed by atoms with E-state index in [9.17, 15) is 4.79 Å². The maximum absolute atomic E-state index is 10.7. The first-order valence-electron chi connectivity index (χ1n) is 4.60. The summed E-state index contributed by atoms with van der Waals surface area (Å²) in [5.74, 6) is -0.191. The molecule has 4 heteroatoms. The first kappa shape index (κ1) is 12.4. The number of carbonyl (C=O) groups excluding carboxylic acids is 1. The largest absolute Gasteiger partial charge is 0.469 e. The van der Waals surface area contributed by atoms with E-state index in [-0.39, 0.29) is 12.0 Å². The molecular weight excluding hydrogens is 170 g/mol. The molecule has 0 aliphatic rings. The highest BCUT2D eigenvalue weighted by atomic mass is 16.5. The molecule has 0 aliphatic carbocycles. The van der Waals surface area contributed by atoms with Gasteiger partial charge in [0, 0.05) is 19.1 Å². The van der Waals surface area contributed by atoms with E-state index in [2.05, 4.69) is 4.74 Å². The molecule has 1 atom stereocenters. The van der Waals surface area contributed by atoms with Gasteiger partial charge in [0.1, 0.15) is 0 Å². The predicted molar refractivity (Wildman–Crippen MR) is 50.3 cm³/mol. The summed E-state index contributed by atoms with van der Waals surface area (Å²) in [6.45, 7) is 3.16. The number of carbonyl (C=O) groups is 1. The normalized spacial score (nSPS) is 12.5. The molecule has 0 fully saturated rings. The van der Waals surface area contributed by atoms with Gasteiger partial charge in [0.15, 0.2) is 0 Å². The molecular formula is C9H19NO3. The Bertz CT molecular complexity index is 139. The van der Waals surface area contributed by atoms with Crippen LogP contribution in [0.25, 0.3) is 0 Å². The lowest BCUT2D eigenvalue weighted by molar-refractivity contribution is -0.141. The molecule has 0 saturated heterocycles. The standard InChI is InChI=1S/C9H19NO3/c1-3-8(10)7-13-6-4-5-9(11)12-2/h8H,3-7,10H2,1-2H3. The highest BCUT2D eigenvalue weighted by Gasteiger charge is 2.01. The van der Waals surface area contributed by atoms with E-state index in [1.807, 2.05) is 6.92 Å². The van der Waals surface area contributed by atoms with E-state index in [1.54, 1.807) is 0 Å². The lowest BCUT2D eigenvalue weighted by Gasteiger charge is -2.08. The second-order valence-electron chi connectivity index (χ2n) is 2.92. The molecule has 1 unspecified atom stereocenters. The monoisotopic (exact) mass is 189 g/mol. The smallest absolute Gasteiger partial charge is 0.305 e. The lowest BCUT2D eigenvalue weighted by atomic mass is 10.2. The highest BCUT2D eigenvalue weighted by Crippen LogP contribution is 1.94. The average Bonchev–Trinajstić information content (AvgIpc) is 2.16. The topological polar surface area (TPSA) is 61.5 Å². The van der Waals surface area contributed by atoms with E-state index in [0.717, 1.165) is 6.42 Å². The Labute approximate surface area is 79.4 Å². The van der Waals surface area contributed by atoms with E-state index in [0.29, 0.717) is 26.1 Å². The van der Waals surface area contributed by atoms with E-state index in [4.69, 9.17) is 10.5 Å². The Hall–Kier alpha value is -0.610. The van der Waals surface area contributed by atoms with Crippen LogP contribution in [-0.4, -0.2) is 32.3 Å². The number of nitrogens with two attached hydrogens (primary N) is 1. The van der Waals surface area contributed by atoms with Gasteiger partial charge in [-0.1, -0.05) is 6.92 Å². The SMILES string of the molecule is CCC(N)COCCCC(=O)OC. The molecule has 0 bridgehead atoms. The van der Waals surface area contributed by atoms with Crippen molar-refractivity contribution in [3.63, 3.8) is 0 Å². The minimum atomic E-state index is -0.191. The fourth-order valence-electron chi connectivity index (χ4n) is 0.773. The fraction of sp³-hybridized carbons (Fsp3) is 0.889. The number of hydrogen-bond donors (Lipinski definition) is 1. The summed E-state index contributed by atoms with van der Waals surface area (Å²) in [4.78, 5) is 10.7. The third-order valence-corrected chi connectivity index (χ3v) is 1.75. The first-order chi connectivity index (χ1) is 6.20. The van der Waals surface area contributed by atoms with Crippen molar-refractivity contribution in [1.82, 2.24) is 0 Å². The molecule has 0 aromatic carbocycles. The summed E-state index contributed by atoms with van der Waals surface area (Å²) < 4.78 is 9.73. The Kier molecular flexibility index (Phi) is 7.63. The van der Waals surface area contributed by atoms with E-state index >= 15 is 0 Å².